The van der Waals surface area contributed by atoms with Crippen molar-refractivity contribution in [3.05, 3.63) is 120 Å². The largest absolute Gasteiger partial charge is 0.282 e. The van der Waals surface area contributed by atoms with Crippen LogP contribution in [0.5, 0.6) is 0 Å². The van der Waals surface area contributed by atoms with E-state index in [-0.39, 0.29) is 10.2 Å². The monoisotopic (exact) mass is 436 g/mol. The van der Waals surface area contributed by atoms with Gasteiger partial charge in [-0.05, 0) is 54.0 Å². The van der Waals surface area contributed by atoms with E-state index in [1.54, 1.807) is 12.1 Å². The molecule has 0 radical (unpaired) electrons. The van der Waals surface area contributed by atoms with Crippen LogP contribution in [0.4, 0.5) is 0 Å². The Balaban J connectivity index is 0.000000414. The summed E-state index contributed by atoms with van der Waals surface area (Å²) in [5.74, 6) is 0. The number of carbonyl (C=O) groups excluding carboxylic acids is 2. The molecule has 0 fully saturated rings. The number of hydrogen-bond donors (Lipinski definition) is 2. The standard InChI is InChI=1S/C19H22OS.C7H6OS/c1-5-9-14-13-18(19(20)21)17(12-8-4)16(11-7-3)15(14)10-6-2;8-7(9)6-4-2-1-3-5-6/h5-8,13H,1-4,9-12H2,(H,20,21);1-5H,(H,8,9). The molecule has 0 spiro atoms. The summed E-state index contributed by atoms with van der Waals surface area (Å²) < 4.78 is 0. The van der Waals surface area contributed by atoms with Gasteiger partial charge in [0.05, 0.1) is 0 Å². The van der Waals surface area contributed by atoms with Crippen molar-refractivity contribution >= 4 is 35.5 Å². The van der Waals surface area contributed by atoms with Crippen molar-refractivity contribution in [2.45, 2.75) is 25.7 Å². The number of thiol groups is 2. The summed E-state index contributed by atoms with van der Waals surface area (Å²) in [4.78, 5) is 22.4. The van der Waals surface area contributed by atoms with Crippen LogP contribution in [0.2, 0.25) is 0 Å². The SMILES string of the molecule is C=CCc1cc(C(=O)S)c(CC=C)c(CC=C)c1CC=C.O=C(S)c1ccccc1. The lowest BCUT2D eigenvalue weighted by atomic mass is 9.86. The molecule has 0 saturated heterocycles. The lowest BCUT2D eigenvalue weighted by Crippen LogP contribution is -2.09. The molecule has 2 nitrogen and oxygen atoms in total. The molecule has 2 rings (SSSR count). The van der Waals surface area contributed by atoms with E-state index in [0.29, 0.717) is 24.0 Å². The summed E-state index contributed by atoms with van der Waals surface area (Å²) in [6.07, 6.45) is 10.2. The predicted molar refractivity (Wildman–Crippen MR) is 135 cm³/mol. The molecule has 4 heteroatoms. The number of rotatable bonds is 10. The van der Waals surface area contributed by atoms with Crippen molar-refractivity contribution < 1.29 is 9.59 Å². The second-order valence-electron chi connectivity index (χ2n) is 6.47. The predicted octanol–water partition coefficient (Wildman–Crippen LogP) is 6.43. The van der Waals surface area contributed by atoms with Gasteiger partial charge in [0, 0.05) is 11.1 Å². The zero-order valence-electron chi connectivity index (χ0n) is 17.1. The van der Waals surface area contributed by atoms with E-state index in [1.807, 2.05) is 48.6 Å². The number of hydrogen-bond acceptors (Lipinski definition) is 2. The first-order chi connectivity index (χ1) is 14.4. The Morgan fingerprint density at radius 2 is 1.20 bits per heavy atom. The van der Waals surface area contributed by atoms with E-state index in [1.165, 1.54) is 5.56 Å². The zero-order chi connectivity index (χ0) is 22.5. The van der Waals surface area contributed by atoms with E-state index in [0.717, 1.165) is 29.5 Å². The van der Waals surface area contributed by atoms with Crippen LogP contribution in [0.1, 0.15) is 43.0 Å². The number of carbonyl (C=O) groups is 2. The fourth-order valence-electron chi connectivity index (χ4n) is 3.16. The lowest BCUT2D eigenvalue weighted by molar-refractivity contribution is 0.108. The maximum atomic E-state index is 11.9. The van der Waals surface area contributed by atoms with Gasteiger partial charge in [-0.3, -0.25) is 9.59 Å². The van der Waals surface area contributed by atoms with E-state index in [9.17, 15) is 9.59 Å². The first-order valence-electron chi connectivity index (χ1n) is 9.52. The summed E-state index contributed by atoms with van der Waals surface area (Å²) in [5, 5.41) is -0.400. The van der Waals surface area contributed by atoms with Gasteiger partial charge in [-0.25, -0.2) is 0 Å². The van der Waals surface area contributed by atoms with Crippen molar-refractivity contribution in [3.63, 3.8) is 0 Å². The second kappa shape index (κ2) is 13.6. The Bertz CT molecular complexity index is 928. The van der Waals surface area contributed by atoms with Crippen LogP contribution in [-0.4, -0.2) is 10.2 Å². The average Bonchev–Trinajstić information content (AvgIpc) is 2.73. The molecule has 0 unspecified atom stereocenters. The Morgan fingerprint density at radius 3 is 1.63 bits per heavy atom. The second-order valence-corrected chi connectivity index (χ2v) is 7.28. The first-order valence-corrected chi connectivity index (χ1v) is 10.4. The maximum absolute atomic E-state index is 11.9. The van der Waals surface area contributed by atoms with Crippen LogP contribution in [0.25, 0.3) is 0 Å². The number of allylic oxidation sites excluding steroid dienone is 4. The number of benzene rings is 2. The highest BCUT2D eigenvalue weighted by Crippen LogP contribution is 2.28. The van der Waals surface area contributed by atoms with Gasteiger partial charge >= 0.3 is 0 Å². The van der Waals surface area contributed by atoms with Crippen LogP contribution >= 0.6 is 25.3 Å². The summed E-state index contributed by atoms with van der Waals surface area (Å²) in [6, 6.07) is 10.9. The molecule has 0 aliphatic carbocycles. The molecule has 0 N–H and O–H groups in total. The molecule has 30 heavy (non-hydrogen) atoms. The Labute approximate surface area is 190 Å². The molecule has 0 amide bonds. The molecule has 0 saturated carbocycles. The maximum Gasteiger partial charge on any atom is 0.216 e. The molecule has 0 bridgehead atoms. The van der Waals surface area contributed by atoms with Crippen molar-refractivity contribution in [1.29, 1.82) is 0 Å². The molecule has 0 aliphatic rings. The highest BCUT2D eigenvalue weighted by molar-refractivity contribution is 7.97. The molecular weight excluding hydrogens is 408 g/mol. The van der Waals surface area contributed by atoms with Crippen molar-refractivity contribution in [2.24, 2.45) is 0 Å². The van der Waals surface area contributed by atoms with Gasteiger partial charge in [0.1, 0.15) is 0 Å². The van der Waals surface area contributed by atoms with Crippen molar-refractivity contribution in [3.8, 4) is 0 Å². The summed E-state index contributed by atoms with van der Waals surface area (Å²) in [5.41, 5.74) is 5.74. The van der Waals surface area contributed by atoms with Gasteiger partial charge in [-0.1, -0.05) is 54.6 Å². The Hall–Kier alpha value is -2.56. The van der Waals surface area contributed by atoms with Crippen LogP contribution in [0, 0.1) is 0 Å². The minimum absolute atomic E-state index is 0.185. The lowest BCUT2D eigenvalue weighted by Gasteiger charge is -2.19. The van der Waals surface area contributed by atoms with E-state index in [4.69, 9.17) is 0 Å². The Kier molecular flexibility index (Phi) is 11.6. The van der Waals surface area contributed by atoms with Gasteiger partial charge < -0.3 is 0 Å². The topological polar surface area (TPSA) is 34.1 Å². The third-order valence-electron chi connectivity index (χ3n) is 4.42. The highest BCUT2D eigenvalue weighted by Gasteiger charge is 2.18. The molecule has 0 aliphatic heterocycles. The quantitative estimate of drug-likeness (QED) is 0.332. The molecule has 156 valence electrons. The van der Waals surface area contributed by atoms with Crippen LogP contribution in [-0.2, 0) is 25.7 Å². The normalized spacial score (nSPS) is 9.67. The molecule has 0 aromatic heterocycles. The molecule has 2 aromatic rings. The molecule has 2 aromatic carbocycles. The van der Waals surface area contributed by atoms with Gasteiger partial charge in [0.2, 0.25) is 10.2 Å². The zero-order valence-corrected chi connectivity index (χ0v) is 18.9. The van der Waals surface area contributed by atoms with Gasteiger partial charge in [-0.15, -0.1) is 51.6 Å². The average molecular weight is 437 g/mol. The summed E-state index contributed by atoms with van der Waals surface area (Å²) in [7, 11) is 0. The fourth-order valence-corrected chi connectivity index (χ4v) is 3.51. The molecule has 0 heterocycles. The van der Waals surface area contributed by atoms with E-state index >= 15 is 0 Å². The van der Waals surface area contributed by atoms with Crippen molar-refractivity contribution in [1.82, 2.24) is 0 Å². The third-order valence-corrected chi connectivity index (χ3v) is 4.92. The van der Waals surface area contributed by atoms with Gasteiger partial charge in [0.15, 0.2) is 0 Å². The minimum atomic E-state index is -0.215. The molecule has 0 atom stereocenters. The van der Waals surface area contributed by atoms with Crippen LogP contribution < -0.4 is 0 Å². The summed E-state index contributed by atoms with van der Waals surface area (Å²) >= 11 is 7.67. The first kappa shape index (κ1) is 25.5. The molecular formula is C26H28O2S2. The van der Waals surface area contributed by atoms with E-state index in [2.05, 4.69) is 51.6 Å². The highest BCUT2D eigenvalue weighted by atomic mass is 32.1. The summed E-state index contributed by atoms with van der Waals surface area (Å²) in [6.45, 7) is 15.3. The van der Waals surface area contributed by atoms with Crippen molar-refractivity contribution in [2.75, 3.05) is 0 Å². The Morgan fingerprint density at radius 1 is 0.700 bits per heavy atom. The van der Waals surface area contributed by atoms with E-state index < -0.39 is 0 Å². The fraction of sp³-hybridized carbons (Fsp3) is 0.154. The third kappa shape index (κ3) is 7.36. The van der Waals surface area contributed by atoms with Crippen LogP contribution in [0.3, 0.4) is 0 Å². The smallest absolute Gasteiger partial charge is 0.216 e. The van der Waals surface area contributed by atoms with Gasteiger partial charge in [-0.2, -0.15) is 0 Å². The minimum Gasteiger partial charge on any atom is -0.282 e. The van der Waals surface area contributed by atoms with Gasteiger partial charge in [0.25, 0.3) is 0 Å². The van der Waals surface area contributed by atoms with Crippen LogP contribution in [0.15, 0.2) is 87.0 Å².